The average molecular weight is 424 g/mol. The van der Waals surface area contributed by atoms with Crippen LogP contribution in [0.5, 0.6) is 0 Å². The molecule has 0 unspecified atom stereocenters. The fourth-order valence-electron chi connectivity index (χ4n) is 3.53. The minimum absolute atomic E-state index is 0.0606. The molecular weight excluding hydrogens is 404 g/mol. The zero-order valence-electron chi connectivity index (χ0n) is 16.6. The van der Waals surface area contributed by atoms with E-state index in [2.05, 4.69) is 0 Å². The van der Waals surface area contributed by atoms with Crippen molar-refractivity contribution in [2.75, 3.05) is 6.54 Å². The first-order chi connectivity index (χ1) is 14.7. The van der Waals surface area contributed by atoms with Gasteiger partial charge in [-0.05, 0) is 18.9 Å². The summed E-state index contributed by atoms with van der Waals surface area (Å²) in [7, 11) is 0. The number of nitrogens with zero attached hydrogens (tertiary/aromatic N) is 2. The van der Waals surface area contributed by atoms with Gasteiger partial charge < -0.3 is 15.1 Å². The van der Waals surface area contributed by atoms with Crippen LogP contribution in [0.15, 0.2) is 54.1 Å². The van der Waals surface area contributed by atoms with E-state index < -0.39 is 34.4 Å². The van der Waals surface area contributed by atoms with Crippen molar-refractivity contribution in [3.05, 3.63) is 80.9 Å². The number of carboxylic acid groups (broad SMARTS) is 1. The number of hydrogen-bond donors (Lipinski definition) is 2. The second-order valence-corrected chi connectivity index (χ2v) is 7.21. The van der Waals surface area contributed by atoms with Gasteiger partial charge in [0.2, 0.25) is 0 Å². The fraction of sp³-hybridized carbons (Fsp3) is 0.227. The maximum Gasteiger partial charge on any atom is 0.303 e. The van der Waals surface area contributed by atoms with Crippen LogP contribution in [0, 0.1) is 17.0 Å². The Morgan fingerprint density at radius 3 is 2.42 bits per heavy atom. The summed E-state index contributed by atoms with van der Waals surface area (Å²) in [5, 5.41) is 31.0. The first kappa shape index (κ1) is 21.7. The minimum Gasteiger partial charge on any atom is -0.507 e. The second kappa shape index (κ2) is 8.78. The van der Waals surface area contributed by atoms with Crippen molar-refractivity contribution >= 4 is 29.1 Å². The number of aryl methyl sites for hydroxylation is 1. The molecule has 0 radical (unpaired) electrons. The van der Waals surface area contributed by atoms with Gasteiger partial charge >= 0.3 is 5.97 Å². The van der Waals surface area contributed by atoms with Gasteiger partial charge in [-0.25, -0.2) is 0 Å². The summed E-state index contributed by atoms with van der Waals surface area (Å²) < 4.78 is 0. The van der Waals surface area contributed by atoms with Gasteiger partial charge in [-0.2, -0.15) is 0 Å². The number of carboxylic acids is 1. The quantitative estimate of drug-likeness (QED) is 0.229. The SMILES string of the molecule is Cc1ccc(C(O)=C2C(=O)C(=O)N(CCCC(=O)O)[C@@H]2c2cccc([N+](=O)[O-])c2)cc1. The Balaban J connectivity index is 2.14. The molecule has 0 spiro atoms. The number of benzene rings is 2. The van der Waals surface area contributed by atoms with Crippen LogP contribution in [0.2, 0.25) is 0 Å². The van der Waals surface area contributed by atoms with Gasteiger partial charge in [0.05, 0.1) is 16.5 Å². The van der Waals surface area contributed by atoms with Gasteiger partial charge in [0.25, 0.3) is 17.4 Å². The van der Waals surface area contributed by atoms with Gasteiger partial charge in [0.1, 0.15) is 5.76 Å². The molecule has 31 heavy (non-hydrogen) atoms. The molecule has 2 aromatic rings. The van der Waals surface area contributed by atoms with Gasteiger partial charge in [-0.3, -0.25) is 24.5 Å². The first-order valence-corrected chi connectivity index (χ1v) is 9.52. The molecular formula is C22H20N2O7. The molecule has 3 rings (SSSR count). The lowest BCUT2D eigenvalue weighted by Crippen LogP contribution is -2.31. The van der Waals surface area contributed by atoms with E-state index in [4.69, 9.17) is 5.11 Å². The maximum absolute atomic E-state index is 12.8. The predicted octanol–water partition coefficient (Wildman–Crippen LogP) is 3.19. The number of likely N-dealkylation sites (tertiary alicyclic amines) is 1. The van der Waals surface area contributed by atoms with E-state index in [0.29, 0.717) is 5.56 Å². The van der Waals surface area contributed by atoms with Crippen LogP contribution in [0.25, 0.3) is 5.76 Å². The van der Waals surface area contributed by atoms with Crippen LogP contribution in [-0.2, 0) is 14.4 Å². The molecule has 0 aromatic heterocycles. The standard InChI is InChI=1S/C22H20N2O7/c1-13-7-9-14(10-8-13)20(27)18-19(15-4-2-5-16(12-15)24(30)31)23(22(29)21(18)28)11-3-6-17(25)26/h2,4-5,7-10,12,19,27H,3,6,11H2,1H3,(H,25,26)/t19-/m1/s1. The van der Waals surface area contributed by atoms with E-state index in [0.717, 1.165) is 10.5 Å². The third kappa shape index (κ3) is 4.45. The smallest absolute Gasteiger partial charge is 0.303 e. The van der Waals surface area contributed by atoms with Crippen molar-refractivity contribution in [2.24, 2.45) is 0 Å². The number of nitro benzene ring substituents is 1. The summed E-state index contributed by atoms with van der Waals surface area (Å²) in [6, 6.07) is 11.1. The monoisotopic (exact) mass is 424 g/mol. The Bertz CT molecular complexity index is 1090. The van der Waals surface area contributed by atoms with Crippen LogP contribution >= 0.6 is 0 Å². The minimum atomic E-state index is -1.07. The molecule has 2 N–H and O–H groups in total. The van der Waals surface area contributed by atoms with Crippen molar-refractivity contribution in [1.82, 2.24) is 4.90 Å². The van der Waals surface area contributed by atoms with E-state index in [1.807, 2.05) is 6.92 Å². The lowest BCUT2D eigenvalue weighted by molar-refractivity contribution is -0.384. The average Bonchev–Trinajstić information content (AvgIpc) is 2.98. The maximum atomic E-state index is 12.8. The van der Waals surface area contributed by atoms with E-state index in [-0.39, 0.29) is 36.2 Å². The molecule has 160 valence electrons. The van der Waals surface area contributed by atoms with E-state index >= 15 is 0 Å². The highest BCUT2D eigenvalue weighted by Gasteiger charge is 2.46. The zero-order valence-corrected chi connectivity index (χ0v) is 16.6. The molecule has 1 saturated heterocycles. The van der Waals surface area contributed by atoms with Gasteiger partial charge in [-0.1, -0.05) is 42.0 Å². The Hall–Kier alpha value is -4.01. The predicted molar refractivity (Wildman–Crippen MR) is 110 cm³/mol. The number of hydrogen-bond acceptors (Lipinski definition) is 6. The Morgan fingerprint density at radius 1 is 1.13 bits per heavy atom. The lowest BCUT2D eigenvalue weighted by Gasteiger charge is -2.25. The molecule has 0 aliphatic carbocycles. The van der Waals surface area contributed by atoms with Crippen molar-refractivity contribution in [3.63, 3.8) is 0 Å². The topological polar surface area (TPSA) is 138 Å². The Morgan fingerprint density at radius 2 is 1.81 bits per heavy atom. The van der Waals surface area contributed by atoms with Gasteiger partial charge in [0.15, 0.2) is 0 Å². The van der Waals surface area contributed by atoms with Crippen LogP contribution in [0.3, 0.4) is 0 Å². The highest BCUT2D eigenvalue weighted by Crippen LogP contribution is 2.40. The van der Waals surface area contributed by atoms with Crippen molar-refractivity contribution in [2.45, 2.75) is 25.8 Å². The number of carbonyl (C=O) groups excluding carboxylic acids is 2. The number of aliphatic hydroxyl groups excluding tert-OH is 1. The van der Waals surface area contributed by atoms with Crippen molar-refractivity contribution in [1.29, 1.82) is 0 Å². The summed E-state index contributed by atoms with van der Waals surface area (Å²) >= 11 is 0. The van der Waals surface area contributed by atoms with E-state index in [1.165, 1.54) is 24.3 Å². The Kier molecular flexibility index (Phi) is 6.15. The molecule has 2 aromatic carbocycles. The molecule has 1 aliphatic rings. The zero-order chi connectivity index (χ0) is 22.7. The van der Waals surface area contributed by atoms with Crippen molar-refractivity contribution < 1.29 is 29.5 Å². The fourth-order valence-corrected chi connectivity index (χ4v) is 3.53. The van der Waals surface area contributed by atoms with E-state index in [9.17, 15) is 29.6 Å². The van der Waals surface area contributed by atoms with Gasteiger partial charge in [0, 0.05) is 30.7 Å². The number of aliphatic hydroxyl groups is 1. The molecule has 1 amide bonds. The number of Topliss-reactive ketones (excluding diaryl/α,β-unsaturated/α-hetero) is 1. The van der Waals surface area contributed by atoms with Crippen LogP contribution in [0.4, 0.5) is 5.69 Å². The molecule has 9 nitrogen and oxygen atoms in total. The molecule has 1 fully saturated rings. The molecule has 9 heteroatoms. The van der Waals surface area contributed by atoms with Gasteiger partial charge in [-0.15, -0.1) is 0 Å². The summed E-state index contributed by atoms with van der Waals surface area (Å²) in [5.41, 5.74) is 1.11. The third-order valence-electron chi connectivity index (χ3n) is 5.05. The third-order valence-corrected chi connectivity index (χ3v) is 5.05. The molecule has 1 heterocycles. The first-order valence-electron chi connectivity index (χ1n) is 9.52. The number of amides is 1. The van der Waals surface area contributed by atoms with Crippen LogP contribution < -0.4 is 0 Å². The normalized spacial score (nSPS) is 17.7. The largest absolute Gasteiger partial charge is 0.507 e. The molecule has 1 atom stereocenters. The summed E-state index contributed by atoms with van der Waals surface area (Å²) in [4.78, 5) is 48.2. The second-order valence-electron chi connectivity index (χ2n) is 7.21. The number of rotatable bonds is 7. The number of carbonyl (C=O) groups is 3. The summed E-state index contributed by atoms with van der Waals surface area (Å²) in [5.74, 6) is -3.26. The lowest BCUT2D eigenvalue weighted by atomic mass is 9.94. The highest BCUT2D eigenvalue weighted by atomic mass is 16.6. The summed E-state index contributed by atoms with van der Waals surface area (Å²) in [6.45, 7) is 1.79. The molecule has 0 saturated carbocycles. The number of aliphatic carboxylic acids is 1. The number of ketones is 1. The van der Waals surface area contributed by atoms with Crippen LogP contribution in [-0.4, -0.2) is 44.2 Å². The van der Waals surface area contributed by atoms with E-state index in [1.54, 1.807) is 24.3 Å². The Labute approximate surface area is 177 Å². The molecule has 1 aliphatic heterocycles. The molecule has 0 bridgehead atoms. The highest BCUT2D eigenvalue weighted by molar-refractivity contribution is 6.46. The summed E-state index contributed by atoms with van der Waals surface area (Å²) in [6.07, 6.45) is -0.138. The number of nitro groups is 1. The van der Waals surface area contributed by atoms with Crippen molar-refractivity contribution in [3.8, 4) is 0 Å². The number of non-ortho nitro benzene ring substituents is 1. The van der Waals surface area contributed by atoms with Crippen LogP contribution in [0.1, 0.15) is 35.6 Å².